The standard InChI is InChI=1S/C8H8N4O2/c1-12-3-5(7(13)14)4-2-10-8(9)11-6(4)12/h2-3H,1H3,(H,13,14)(H2,9,10,11). The van der Waals surface area contributed by atoms with Gasteiger partial charge < -0.3 is 15.4 Å². The summed E-state index contributed by atoms with van der Waals surface area (Å²) in [5, 5.41) is 9.36. The van der Waals surface area contributed by atoms with Crippen molar-refractivity contribution in [1.29, 1.82) is 0 Å². The lowest BCUT2D eigenvalue weighted by Crippen LogP contribution is -1.97. The van der Waals surface area contributed by atoms with Crippen molar-refractivity contribution in [3.8, 4) is 0 Å². The molecule has 6 heteroatoms. The Hall–Kier alpha value is -2.11. The fourth-order valence-electron chi connectivity index (χ4n) is 1.34. The van der Waals surface area contributed by atoms with Gasteiger partial charge in [0.15, 0.2) is 0 Å². The minimum Gasteiger partial charge on any atom is -0.478 e. The van der Waals surface area contributed by atoms with Gasteiger partial charge in [-0.1, -0.05) is 0 Å². The van der Waals surface area contributed by atoms with E-state index in [-0.39, 0.29) is 11.5 Å². The normalized spacial score (nSPS) is 10.6. The molecule has 0 atom stereocenters. The molecule has 0 aliphatic heterocycles. The summed E-state index contributed by atoms with van der Waals surface area (Å²) in [6, 6.07) is 0. The molecule has 0 aliphatic rings. The summed E-state index contributed by atoms with van der Waals surface area (Å²) in [6.07, 6.45) is 2.90. The molecule has 0 amide bonds. The molecule has 2 aromatic heterocycles. The van der Waals surface area contributed by atoms with Crippen molar-refractivity contribution in [3.63, 3.8) is 0 Å². The summed E-state index contributed by atoms with van der Waals surface area (Å²) in [7, 11) is 1.71. The van der Waals surface area contributed by atoms with Crippen LogP contribution in [0.1, 0.15) is 10.4 Å². The van der Waals surface area contributed by atoms with Crippen LogP contribution in [0.5, 0.6) is 0 Å². The molecule has 3 N–H and O–H groups in total. The van der Waals surface area contributed by atoms with Gasteiger partial charge in [0.25, 0.3) is 0 Å². The molecule has 14 heavy (non-hydrogen) atoms. The predicted octanol–water partition coefficient (Wildman–Crippen LogP) is 0.249. The number of nitrogens with two attached hydrogens (primary N) is 1. The van der Waals surface area contributed by atoms with Gasteiger partial charge in [0.2, 0.25) is 5.95 Å². The Morgan fingerprint density at radius 3 is 3.00 bits per heavy atom. The van der Waals surface area contributed by atoms with E-state index in [0.717, 1.165) is 0 Å². The van der Waals surface area contributed by atoms with E-state index in [4.69, 9.17) is 10.8 Å². The number of carboxylic acid groups (broad SMARTS) is 1. The van der Waals surface area contributed by atoms with Gasteiger partial charge in [0.05, 0.1) is 10.9 Å². The summed E-state index contributed by atoms with van der Waals surface area (Å²) in [6.45, 7) is 0. The van der Waals surface area contributed by atoms with Gasteiger partial charge in [-0.25, -0.2) is 9.78 Å². The fraction of sp³-hybridized carbons (Fsp3) is 0.125. The van der Waals surface area contributed by atoms with Crippen molar-refractivity contribution in [1.82, 2.24) is 14.5 Å². The first-order valence-corrected chi connectivity index (χ1v) is 3.90. The average molecular weight is 192 g/mol. The maximum absolute atomic E-state index is 10.8. The molecule has 72 valence electrons. The third-order valence-electron chi connectivity index (χ3n) is 1.96. The molecule has 0 bridgehead atoms. The number of nitrogens with zero attached hydrogens (tertiary/aromatic N) is 3. The molecular formula is C8H8N4O2. The van der Waals surface area contributed by atoms with Crippen molar-refractivity contribution in [2.75, 3.05) is 5.73 Å². The SMILES string of the molecule is Cn1cc(C(=O)O)c2cnc(N)nc21. The van der Waals surface area contributed by atoms with Crippen LogP contribution in [0.2, 0.25) is 0 Å². The van der Waals surface area contributed by atoms with Gasteiger partial charge in [-0.15, -0.1) is 0 Å². The van der Waals surface area contributed by atoms with E-state index in [9.17, 15) is 4.79 Å². The molecule has 6 nitrogen and oxygen atoms in total. The molecule has 2 rings (SSSR count). The van der Waals surface area contributed by atoms with Crippen LogP contribution in [0, 0.1) is 0 Å². The minimum absolute atomic E-state index is 0.135. The van der Waals surface area contributed by atoms with Crippen molar-refractivity contribution in [2.45, 2.75) is 0 Å². The number of hydrogen-bond acceptors (Lipinski definition) is 4. The van der Waals surface area contributed by atoms with Gasteiger partial charge >= 0.3 is 5.97 Å². The van der Waals surface area contributed by atoms with Crippen molar-refractivity contribution < 1.29 is 9.90 Å². The highest BCUT2D eigenvalue weighted by atomic mass is 16.4. The number of aromatic nitrogens is 3. The molecule has 0 saturated carbocycles. The summed E-state index contributed by atoms with van der Waals surface area (Å²) in [4.78, 5) is 18.5. The van der Waals surface area contributed by atoms with Crippen molar-refractivity contribution >= 4 is 23.0 Å². The van der Waals surface area contributed by atoms with Crippen LogP contribution < -0.4 is 5.73 Å². The highest BCUT2D eigenvalue weighted by molar-refractivity contribution is 6.02. The van der Waals surface area contributed by atoms with Crippen molar-refractivity contribution in [3.05, 3.63) is 18.0 Å². The first-order valence-electron chi connectivity index (χ1n) is 3.90. The summed E-state index contributed by atoms with van der Waals surface area (Å²) in [5.74, 6) is -0.861. The highest BCUT2D eigenvalue weighted by Crippen LogP contribution is 2.18. The second-order valence-electron chi connectivity index (χ2n) is 2.92. The zero-order valence-corrected chi connectivity index (χ0v) is 7.43. The highest BCUT2D eigenvalue weighted by Gasteiger charge is 2.13. The first-order chi connectivity index (χ1) is 6.59. The Bertz CT molecular complexity index is 517. The topological polar surface area (TPSA) is 94.0 Å². The van der Waals surface area contributed by atoms with Gasteiger partial charge in [-0.05, 0) is 0 Å². The lowest BCUT2D eigenvalue weighted by molar-refractivity contribution is 0.0699. The summed E-state index contributed by atoms with van der Waals surface area (Å²) in [5.41, 5.74) is 6.10. The Balaban J connectivity index is 2.84. The third-order valence-corrected chi connectivity index (χ3v) is 1.96. The van der Waals surface area contributed by atoms with Crippen LogP contribution in [0.4, 0.5) is 5.95 Å². The number of hydrogen-bond donors (Lipinski definition) is 2. The first kappa shape index (κ1) is 8.49. The molecule has 0 aromatic carbocycles. The van der Waals surface area contributed by atoms with Crippen LogP contribution in [0.15, 0.2) is 12.4 Å². The van der Waals surface area contributed by atoms with E-state index in [1.165, 1.54) is 12.4 Å². The lowest BCUT2D eigenvalue weighted by atomic mass is 10.2. The van der Waals surface area contributed by atoms with E-state index in [1.807, 2.05) is 0 Å². The maximum Gasteiger partial charge on any atom is 0.337 e. The van der Waals surface area contributed by atoms with E-state index in [1.54, 1.807) is 11.6 Å². The van der Waals surface area contributed by atoms with E-state index in [0.29, 0.717) is 11.0 Å². The zero-order valence-electron chi connectivity index (χ0n) is 7.43. The van der Waals surface area contributed by atoms with E-state index >= 15 is 0 Å². The second-order valence-corrected chi connectivity index (χ2v) is 2.92. The van der Waals surface area contributed by atoms with Crippen LogP contribution in [0.25, 0.3) is 11.0 Å². The number of aryl methyl sites for hydroxylation is 1. The molecule has 0 fully saturated rings. The monoisotopic (exact) mass is 192 g/mol. The number of carbonyl (C=O) groups is 1. The smallest absolute Gasteiger partial charge is 0.337 e. The van der Waals surface area contributed by atoms with Crippen molar-refractivity contribution in [2.24, 2.45) is 7.05 Å². The van der Waals surface area contributed by atoms with Crippen LogP contribution in [0.3, 0.4) is 0 Å². The van der Waals surface area contributed by atoms with Crippen LogP contribution >= 0.6 is 0 Å². The maximum atomic E-state index is 10.8. The lowest BCUT2D eigenvalue weighted by Gasteiger charge is -1.94. The van der Waals surface area contributed by atoms with E-state index in [2.05, 4.69) is 9.97 Å². The van der Waals surface area contributed by atoms with Gasteiger partial charge in [-0.3, -0.25) is 0 Å². The Morgan fingerprint density at radius 1 is 1.64 bits per heavy atom. The Kier molecular flexibility index (Phi) is 1.63. The van der Waals surface area contributed by atoms with E-state index < -0.39 is 5.97 Å². The predicted molar refractivity (Wildman–Crippen MR) is 49.9 cm³/mol. The molecule has 2 heterocycles. The largest absolute Gasteiger partial charge is 0.478 e. The van der Waals surface area contributed by atoms with Gasteiger partial charge in [0, 0.05) is 19.4 Å². The number of rotatable bonds is 1. The number of aromatic carboxylic acids is 1. The van der Waals surface area contributed by atoms with Crippen LogP contribution in [-0.4, -0.2) is 25.6 Å². The number of carboxylic acids is 1. The molecule has 0 spiro atoms. The molecule has 0 radical (unpaired) electrons. The zero-order chi connectivity index (χ0) is 10.3. The summed E-state index contributed by atoms with van der Waals surface area (Å²) < 4.78 is 1.61. The minimum atomic E-state index is -0.996. The Labute approximate surface area is 79.0 Å². The number of nitrogen functional groups attached to an aromatic ring is 1. The quantitative estimate of drug-likeness (QED) is 0.675. The fourth-order valence-corrected chi connectivity index (χ4v) is 1.34. The van der Waals surface area contributed by atoms with Crippen LogP contribution in [-0.2, 0) is 7.05 Å². The Morgan fingerprint density at radius 2 is 2.36 bits per heavy atom. The molecular weight excluding hydrogens is 184 g/mol. The number of anilines is 1. The molecule has 0 unspecified atom stereocenters. The number of fused-ring (bicyclic) bond motifs is 1. The van der Waals surface area contributed by atoms with Gasteiger partial charge in [-0.2, -0.15) is 4.98 Å². The second kappa shape index (κ2) is 2.69. The molecule has 2 aromatic rings. The molecule has 0 saturated heterocycles. The molecule has 0 aliphatic carbocycles. The average Bonchev–Trinajstić information content (AvgIpc) is 2.44. The summed E-state index contributed by atoms with van der Waals surface area (Å²) >= 11 is 0. The van der Waals surface area contributed by atoms with Gasteiger partial charge in [0.1, 0.15) is 5.65 Å². The third kappa shape index (κ3) is 1.08.